The Bertz CT molecular complexity index is 1030. The van der Waals surface area contributed by atoms with E-state index in [2.05, 4.69) is 15.8 Å². The van der Waals surface area contributed by atoms with E-state index in [0.29, 0.717) is 31.5 Å². The van der Waals surface area contributed by atoms with Crippen molar-refractivity contribution < 1.29 is 4.74 Å². The molecule has 3 rings (SSSR count). The molecule has 0 saturated carbocycles. The zero-order valence-corrected chi connectivity index (χ0v) is 18.1. The van der Waals surface area contributed by atoms with Gasteiger partial charge < -0.3 is 10.1 Å². The molecule has 0 aliphatic heterocycles. The van der Waals surface area contributed by atoms with Crippen LogP contribution in [0.2, 0.25) is 15.1 Å². The summed E-state index contributed by atoms with van der Waals surface area (Å²) < 4.78 is 5.81. The van der Waals surface area contributed by atoms with Crippen LogP contribution in [0.15, 0.2) is 71.8 Å². The standard InChI is InChI=1S/C21H16Cl3N3OS/c22-18-9-10-19(23)20(24)17(18)13-28-16-8-4-5-14(11-16)12-25-27-21(29)26-15-6-2-1-3-7-15/h1-12H,13H2,(H2,26,27,29). The van der Waals surface area contributed by atoms with E-state index in [0.717, 1.165) is 11.3 Å². The van der Waals surface area contributed by atoms with Crippen molar-refractivity contribution in [1.29, 1.82) is 0 Å². The van der Waals surface area contributed by atoms with Crippen LogP contribution in [0.25, 0.3) is 0 Å². The maximum Gasteiger partial charge on any atom is 0.191 e. The number of ether oxygens (including phenoxy) is 1. The molecule has 0 heterocycles. The van der Waals surface area contributed by atoms with Gasteiger partial charge in [0.05, 0.1) is 16.3 Å². The number of benzene rings is 3. The Morgan fingerprint density at radius 3 is 2.52 bits per heavy atom. The van der Waals surface area contributed by atoms with Crippen molar-refractivity contribution in [2.45, 2.75) is 6.61 Å². The first kappa shape index (κ1) is 21.4. The van der Waals surface area contributed by atoms with Gasteiger partial charge in [0, 0.05) is 16.3 Å². The summed E-state index contributed by atoms with van der Waals surface area (Å²) in [7, 11) is 0. The van der Waals surface area contributed by atoms with Crippen LogP contribution in [0.1, 0.15) is 11.1 Å². The van der Waals surface area contributed by atoms with Gasteiger partial charge in [-0.15, -0.1) is 0 Å². The number of rotatable bonds is 6. The third-order valence-corrected chi connectivity index (χ3v) is 5.18. The van der Waals surface area contributed by atoms with Gasteiger partial charge >= 0.3 is 0 Å². The molecule has 4 nitrogen and oxygen atoms in total. The summed E-state index contributed by atoms with van der Waals surface area (Å²) in [4.78, 5) is 0. The van der Waals surface area contributed by atoms with E-state index in [1.165, 1.54) is 0 Å². The van der Waals surface area contributed by atoms with E-state index >= 15 is 0 Å². The summed E-state index contributed by atoms with van der Waals surface area (Å²) in [5.74, 6) is 0.644. The van der Waals surface area contributed by atoms with Crippen molar-refractivity contribution in [3.63, 3.8) is 0 Å². The van der Waals surface area contributed by atoms with Gasteiger partial charge in [-0.1, -0.05) is 65.1 Å². The van der Waals surface area contributed by atoms with Crippen LogP contribution in [0.5, 0.6) is 5.75 Å². The molecule has 0 aromatic heterocycles. The number of thiocarbonyl (C=S) groups is 1. The molecular formula is C21H16Cl3N3OS. The molecule has 0 atom stereocenters. The van der Waals surface area contributed by atoms with Crippen LogP contribution < -0.4 is 15.5 Å². The average Bonchev–Trinajstić information content (AvgIpc) is 2.72. The van der Waals surface area contributed by atoms with Crippen LogP contribution in [0, 0.1) is 0 Å². The van der Waals surface area contributed by atoms with Crippen molar-refractivity contribution in [2.75, 3.05) is 5.32 Å². The quantitative estimate of drug-likeness (QED) is 0.188. The first-order valence-corrected chi connectivity index (χ1v) is 10.1. The average molecular weight is 465 g/mol. The van der Waals surface area contributed by atoms with Gasteiger partial charge in [-0.05, 0) is 54.2 Å². The SMILES string of the molecule is S=C(NN=Cc1cccc(OCc2c(Cl)ccc(Cl)c2Cl)c1)Nc1ccccc1. The highest BCUT2D eigenvalue weighted by Gasteiger charge is 2.10. The second-order valence-corrected chi connectivity index (χ2v) is 7.47. The van der Waals surface area contributed by atoms with Crippen molar-refractivity contribution in [1.82, 2.24) is 5.43 Å². The summed E-state index contributed by atoms with van der Waals surface area (Å²) in [5.41, 5.74) is 5.13. The molecule has 0 unspecified atom stereocenters. The summed E-state index contributed by atoms with van der Waals surface area (Å²) >= 11 is 23.6. The van der Waals surface area contributed by atoms with Crippen molar-refractivity contribution in [3.05, 3.63) is 92.9 Å². The van der Waals surface area contributed by atoms with Gasteiger partial charge in [0.1, 0.15) is 12.4 Å². The lowest BCUT2D eigenvalue weighted by Crippen LogP contribution is -2.23. The Morgan fingerprint density at radius 1 is 0.966 bits per heavy atom. The van der Waals surface area contributed by atoms with Gasteiger partial charge in [0.15, 0.2) is 5.11 Å². The zero-order valence-electron chi connectivity index (χ0n) is 15.0. The van der Waals surface area contributed by atoms with Crippen LogP contribution in [0.4, 0.5) is 5.69 Å². The van der Waals surface area contributed by atoms with Crippen molar-refractivity contribution in [2.24, 2.45) is 5.10 Å². The number of anilines is 1. The highest BCUT2D eigenvalue weighted by Crippen LogP contribution is 2.32. The Hall–Kier alpha value is -2.31. The molecule has 148 valence electrons. The highest BCUT2D eigenvalue weighted by atomic mass is 35.5. The summed E-state index contributed by atoms with van der Waals surface area (Å²) in [6, 6.07) is 20.4. The molecule has 3 aromatic rings. The van der Waals surface area contributed by atoms with Crippen LogP contribution >= 0.6 is 47.0 Å². The first-order valence-electron chi connectivity index (χ1n) is 8.53. The summed E-state index contributed by atoms with van der Waals surface area (Å²) in [6.07, 6.45) is 1.64. The maximum atomic E-state index is 6.21. The highest BCUT2D eigenvalue weighted by molar-refractivity contribution is 7.80. The third-order valence-electron chi connectivity index (χ3n) is 3.79. The molecule has 0 amide bonds. The number of nitrogens with one attached hydrogen (secondary N) is 2. The van der Waals surface area contributed by atoms with Gasteiger partial charge in [0.25, 0.3) is 0 Å². The molecule has 0 aliphatic carbocycles. The third kappa shape index (κ3) is 6.34. The molecule has 0 spiro atoms. The number of hydrogen-bond donors (Lipinski definition) is 2. The predicted octanol–water partition coefficient (Wildman–Crippen LogP) is 6.55. The fraction of sp³-hybridized carbons (Fsp3) is 0.0476. The minimum absolute atomic E-state index is 0.197. The normalized spacial score (nSPS) is 10.7. The Balaban J connectivity index is 1.57. The second-order valence-electron chi connectivity index (χ2n) is 5.87. The largest absolute Gasteiger partial charge is 0.489 e. The minimum atomic E-state index is 0.197. The predicted molar refractivity (Wildman–Crippen MR) is 126 cm³/mol. The maximum absolute atomic E-state index is 6.21. The molecule has 0 radical (unpaired) electrons. The first-order chi connectivity index (χ1) is 14.0. The number of nitrogens with zero attached hydrogens (tertiary/aromatic N) is 1. The van der Waals surface area contributed by atoms with Gasteiger partial charge in [-0.2, -0.15) is 5.10 Å². The molecule has 0 aliphatic rings. The fourth-order valence-electron chi connectivity index (χ4n) is 2.39. The topological polar surface area (TPSA) is 45.7 Å². The molecular weight excluding hydrogens is 449 g/mol. The molecule has 29 heavy (non-hydrogen) atoms. The van der Waals surface area contributed by atoms with Crippen molar-refractivity contribution >= 4 is 64.0 Å². The monoisotopic (exact) mass is 463 g/mol. The van der Waals surface area contributed by atoms with Gasteiger partial charge in [-0.25, -0.2) is 0 Å². The van der Waals surface area contributed by atoms with Crippen LogP contribution in [0.3, 0.4) is 0 Å². The van der Waals surface area contributed by atoms with Gasteiger partial charge in [-0.3, -0.25) is 5.43 Å². The lowest BCUT2D eigenvalue weighted by Gasteiger charge is -2.11. The van der Waals surface area contributed by atoms with E-state index in [1.807, 2.05) is 54.6 Å². The van der Waals surface area contributed by atoms with E-state index in [9.17, 15) is 0 Å². The lowest BCUT2D eigenvalue weighted by molar-refractivity contribution is 0.306. The fourth-order valence-corrected chi connectivity index (χ4v) is 3.21. The van der Waals surface area contributed by atoms with Gasteiger partial charge in [0.2, 0.25) is 0 Å². The number of hydrogen-bond acceptors (Lipinski definition) is 3. The molecule has 3 aromatic carbocycles. The Labute approximate surface area is 189 Å². The number of para-hydroxylation sites is 1. The van der Waals surface area contributed by atoms with E-state index < -0.39 is 0 Å². The van der Waals surface area contributed by atoms with Crippen LogP contribution in [-0.4, -0.2) is 11.3 Å². The zero-order chi connectivity index (χ0) is 20.6. The lowest BCUT2D eigenvalue weighted by atomic mass is 10.2. The van der Waals surface area contributed by atoms with Crippen LogP contribution in [-0.2, 0) is 6.61 Å². The summed E-state index contributed by atoms with van der Waals surface area (Å²) in [5, 5.41) is 8.90. The number of halogens is 3. The minimum Gasteiger partial charge on any atom is -0.489 e. The number of hydrazone groups is 1. The van der Waals surface area contributed by atoms with E-state index in [4.69, 9.17) is 51.8 Å². The molecule has 0 saturated heterocycles. The molecule has 2 N–H and O–H groups in total. The molecule has 8 heteroatoms. The summed E-state index contributed by atoms with van der Waals surface area (Å²) in [6.45, 7) is 0.197. The van der Waals surface area contributed by atoms with Crippen molar-refractivity contribution in [3.8, 4) is 5.75 Å². The second kappa shape index (κ2) is 10.5. The van der Waals surface area contributed by atoms with E-state index in [-0.39, 0.29) is 6.61 Å². The Morgan fingerprint density at radius 2 is 1.72 bits per heavy atom. The molecule has 0 fully saturated rings. The molecule has 0 bridgehead atoms. The smallest absolute Gasteiger partial charge is 0.191 e. The Kier molecular flexibility index (Phi) is 7.72. The van der Waals surface area contributed by atoms with E-state index in [1.54, 1.807) is 18.3 Å².